The third-order valence-electron chi connectivity index (χ3n) is 3.09. The highest BCUT2D eigenvalue weighted by atomic mass is 15.3. The van der Waals surface area contributed by atoms with E-state index in [0.29, 0.717) is 5.78 Å². The molecule has 2 aromatic rings. The van der Waals surface area contributed by atoms with Crippen LogP contribution in [0.1, 0.15) is 18.7 Å². The van der Waals surface area contributed by atoms with Crippen LogP contribution in [-0.4, -0.2) is 32.7 Å². The molecule has 3 rings (SSSR count). The van der Waals surface area contributed by atoms with Crippen LogP contribution in [-0.2, 0) is 6.42 Å². The smallest absolute Gasteiger partial charge is 0.252 e. The Morgan fingerprint density at radius 2 is 2.25 bits per heavy atom. The van der Waals surface area contributed by atoms with E-state index in [-0.39, 0.29) is 0 Å². The number of fused-ring (bicyclic) bond motifs is 1. The van der Waals surface area contributed by atoms with Crippen molar-refractivity contribution in [3.8, 4) is 0 Å². The fourth-order valence-electron chi connectivity index (χ4n) is 2.21. The van der Waals surface area contributed by atoms with Gasteiger partial charge in [0, 0.05) is 18.8 Å². The Balaban J connectivity index is 1.78. The summed E-state index contributed by atoms with van der Waals surface area (Å²) in [6, 6.07) is 1.87. The zero-order valence-corrected chi connectivity index (χ0v) is 9.13. The first kappa shape index (κ1) is 9.72. The molecular weight excluding hydrogens is 202 g/mol. The van der Waals surface area contributed by atoms with Gasteiger partial charge in [0.25, 0.3) is 5.78 Å². The molecule has 1 fully saturated rings. The molecule has 0 radical (unpaired) electrons. The summed E-state index contributed by atoms with van der Waals surface area (Å²) in [4.78, 5) is 8.60. The van der Waals surface area contributed by atoms with E-state index in [9.17, 15) is 0 Å². The summed E-state index contributed by atoms with van der Waals surface area (Å²) in [6.07, 6.45) is 7.07. The molecule has 0 spiro atoms. The normalized spacial score (nSPS) is 18.0. The zero-order valence-electron chi connectivity index (χ0n) is 9.13. The molecule has 0 unspecified atom stereocenters. The molecule has 1 aliphatic heterocycles. The number of hydrogen-bond acceptors (Lipinski definition) is 4. The monoisotopic (exact) mass is 217 g/mol. The van der Waals surface area contributed by atoms with Gasteiger partial charge in [-0.05, 0) is 37.9 Å². The molecule has 84 valence electrons. The molecule has 16 heavy (non-hydrogen) atoms. The number of aromatic nitrogens is 4. The van der Waals surface area contributed by atoms with Crippen LogP contribution < -0.4 is 5.32 Å². The van der Waals surface area contributed by atoms with Gasteiger partial charge in [0.2, 0.25) is 0 Å². The molecule has 5 heteroatoms. The van der Waals surface area contributed by atoms with Crippen LogP contribution in [0.4, 0.5) is 0 Å². The molecular formula is C11H15N5. The molecule has 1 aliphatic rings. The zero-order chi connectivity index (χ0) is 10.8. The second kappa shape index (κ2) is 4.17. The van der Waals surface area contributed by atoms with E-state index in [4.69, 9.17) is 0 Å². The van der Waals surface area contributed by atoms with Crippen molar-refractivity contribution in [2.24, 2.45) is 5.92 Å². The van der Waals surface area contributed by atoms with Gasteiger partial charge in [0.1, 0.15) is 0 Å². The largest absolute Gasteiger partial charge is 0.317 e. The maximum atomic E-state index is 4.43. The van der Waals surface area contributed by atoms with E-state index in [0.717, 1.165) is 31.3 Å². The Morgan fingerprint density at radius 1 is 1.38 bits per heavy atom. The van der Waals surface area contributed by atoms with Crippen molar-refractivity contribution < 1.29 is 0 Å². The van der Waals surface area contributed by atoms with Crippen molar-refractivity contribution in [2.45, 2.75) is 19.3 Å². The van der Waals surface area contributed by atoms with E-state index in [2.05, 4.69) is 20.4 Å². The second-order valence-electron chi connectivity index (χ2n) is 4.29. The number of hydrogen-bond donors (Lipinski definition) is 1. The average molecular weight is 217 g/mol. The minimum atomic E-state index is 0.700. The number of piperidine rings is 1. The van der Waals surface area contributed by atoms with Crippen molar-refractivity contribution in [2.75, 3.05) is 13.1 Å². The summed E-state index contributed by atoms with van der Waals surface area (Å²) in [5.41, 5.74) is 0. The van der Waals surface area contributed by atoms with Crippen LogP contribution in [0.2, 0.25) is 0 Å². The Hall–Kier alpha value is -1.49. The van der Waals surface area contributed by atoms with E-state index in [1.165, 1.54) is 12.8 Å². The predicted molar refractivity (Wildman–Crippen MR) is 60.1 cm³/mol. The van der Waals surface area contributed by atoms with Gasteiger partial charge in [0.05, 0.1) is 0 Å². The van der Waals surface area contributed by atoms with Gasteiger partial charge in [-0.3, -0.25) is 0 Å². The highest BCUT2D eigenvalue weighted by Gasteiger charge is 2.16. The lowest BCUT2D eigenvalue weighted by Crippen LogP contribution is -2.28. The standard InChI is InChI=1S/C11H15N5/c1-4-13-11-14-10(15-16(11)7-1)8-9-2-5-12-6-3-9/h1,4,7,9,12H,2-3,5-6,8H2. The number of nitrogens with one attached hydrogen (secondary N) is 1. The molecule has 1 saturated heterocycles. The molecule has 0 aliphatic carbocycles. The lowest BCUT2D eigenvalue weighted by Gasteiger charge is -2.20. The van der Waals surface area contributed by atoms with E-state index in [1.54, 1.807) is 10.7 Å². The first-order valence-electron chi connectivity index (χ1n) is 5.79. The van der Waals surface area contributed by atoms with E-state index >= 15 is 0 Å². The Kier molecular flexibility index (Phi) is 2.53. The second-order valence-corrected chi connectivity index (χ2v) is 4.29. The lowest BCUT2D eigenvalue weighted by atomic mass is 9.94. The Labute approximate surface area is 93.9 Å². The van der Waals surface area contributed by atoms with Crippen LogP contribution in [0, 0.1) is 5.92 Å². The fourth-order valence-corrected chi connectivity index (χ4v) is 2.21. The third kappa shape index (κ3) is 1.90. The Morgan fingerprint density at radius 3 is 3.06 bits per heavy atom. The van der Waals surface area contributed by atoms with Crippen molar-refractivity contribution in [1.82, 2.24) is 24.9 Å². The van der Waals surface area contributed by atoms with Crippen molar-refractivity contribution in [3.05, 3.63) is 24.3 Å². The molecule has 0 amide bonds. The van der Waals surface area contributed by atoms with Gasteiger partial charge in [-0.1, -0.05) is 0 Å². The summed E-state index contributed by atoms with van der Waals surface area (Å²) < 4.78 is 1.75. The van der Waals surface area contributed by atoms with E-state index < -0.39 is 0 Å². The topological polar surface area (TPSA) is 55.1 Å². The van der Waals surface area contributed by atoms with Crippen LogP contribution >= 0.6 is 0 Å². The fraction of sp³-hybridized carbons (Fsp3) is 0.545. The predicted octanol–water partition coefficient (Wildman–Crippen LogP) is 0.666. The third-order valence-corrected chi connectivity index (χ3v) is 3.09. The van der Waals surface area contributed by atoms with Crippen LogP contribution in [0.5, 0.6) is 0 Å². The Bertz CT molecular complexity index is 439. The summed E-state index contributed by atoms with van der Waals surface area (Å²) in [5, 5.41) is 7.80. The minimum Gasteiger partial charge on any atom is -0.317 e. The first-order chi connectivity index (χ1) is 7.92. The SMILES string of the molecule is c1cnc2nc(CC3CCNCC3)nn2c1. The minimum absolute atomic E-state index is 0.700. The molecule has 5 nitrogen and oxygen atoms in total. The van der Waals surface area contributed by atoms with Gasteiger partial charge < -0.3 is 5.32 Å². The number of rotatable bonds is 2. The number of nitrogens with zero attached hydrogens (tertiary/aromatic N) is 4. The molecule has 0 aromatic carbocycles. The van der Waals surface area contributed by atoms with Crippen LogP contribution in [0.15, 0.2) is 18.5 Å². The van der Waals surface area contributed by atoms with Crippen LogP contribution in [0.3, 0.4) is 0 Å². The molecule has 0 atom stereocenters. The van der Waals surface area contributed by atoms with Crippen LogP contribution in [0.25, 0.3) is 5.78 Å². The molecule has 0 bridgehead atoms. The highest BCUT2D eigenvalue weighted by Crippen LogP contribution is 2.16. The van der Waals surface area contributed by atoms with Gasteiger partial charge in [-0.25, -0.2) is 9.50 Å². The maximum absolute atomic E-state index is 4.43. The summed E-state index contributed by atoms with van der Waals surface area (Å²) in [5.74, 6) is 2.34. The maximum Gasteiger partial charge on any atom is 0.252 e. The average Bonchev–Trinajstić information content (AvgIpc) is 2.72. The van der Waals surface area contributed by atoms with Gasteiger partial charge in [-0.2, -0.15) is 4.98 Å². The van der Waals surface area contributed by atoms with Crippen molar-refractivity contribution >= 4 is 5.78 Å². The van der Waals surface area contributed by atoms with Gasteiger partial charge in [-0.15, -0.1) is 5.10 Å². The van der Waals surface area contributed by atoms with Gasteiger partial charge in [0.15, 0.2) is 5.82 Å². The van der Waals surface area contributed by atoms with Crippen molar-refractivity contribution in [3.63, 3.8) is 0 Å². The van der Waals surface area contributed by atoms with Gasteiger partial charge >= 0.3 is 0 Å². The quantitative estimate of drug-likeness (QED) is 0.803. The summed E-state index contributed by atoms with van der Waals surface area (Å²) in [6.45, 7) is 2.24. The first-order valence-corrected chi connectivity index (χ1v) is 5.79. The molecule has 3 heterocycles. The molecule has 1 N–H and O–H groups in total. The molecule has 0 saturated carbocycles. The summed E-state index contributed by atoms with van der Waals surface area (Å²) >= 11 is 0. The lowest BCUT2D eigenvalue weighted by molar-refractivity contribution is 0.367. The van der Waals surface area contributed by atoms with E-state index in [1.807, 2.05) is 12.3 Å². The highest BCUT2D eigenvalue weighted by molar-refractivity contribution is 5.24. The molecule has 2 aromatic heterocycles. The summed E-state index contributed by atoms with van der Waals surface area (Å²) in [7, 11) is 0. The van der Waals surface area contributed by atoms with Crippen molar-refractivity contribution in [1.29, 1.82) is 0 Å².